The molecule has 5 nitrogen and oxygen atoms in total. The number of aromatic nitrogens is 3. The molecule has 2 aromatic rings. The van der Waals surface area contributed by atoms with Crippen molar-refractivity contribution in [1.29, 1.82) is 0 Å². The fraction of sp³-hybridized carbons (Fsp3) is 0.417. The number of amides is 1. The zero-order valence-electron chi connectivity index (χ0n) is 11.2. The molecule has 2 aromatic heterocycles. The van der Waals surface area contributed by atoms with Gasteiger partial charge in [0.1, 0.15) is 5.69 Å². The van der Waals surface area contributed by atoms with Gasteiger partial charge in [-0.15, -0.1) is 11.3 Å². The van der Waals surface area contributed by atoms with Gasteiger partial charge in [-0.05, 0) is 26.8 Å². The molecule has 1 atom stereocenters. The molecule has 0 aliphatic carbocycles. The molecule has 8 heteroatoms. The lowest BCUT2D eigenvalue weighted by Gasteiger charge is -2.11. The Hall–Kier alpha value is -1.83. The summed E-state index contributed by atoms with van der Waals surface area (Å²) in [7, 11) is 0. The predicted molar refractivity (Wildman–Crippen MR) is 70.9 cm³/mol. The summed E-state index contributed by atoms with van der Waals surface area (Å²) in [6.45, 7) is 2.86. The molecule has 0 saturated carbocycles. The SMILES string of the molecule is Cc1nc(C(C)NC(=O)c2ccn(C(F)F)n2)c(C)s1. The van der Waals surface area contributed by atoms with Crippen molar-refractivity contribution in [3.05, 3.63) is 33.5 Å². The molecule has 0 aliphatic heterocycles. The van der Waals surface area contributed by atoms with Gasteiger partial charge in [0.25, 0.3) is 5.91 Å². The van der Waals surface area contributed by atoms with Crippen LogP contribution in [0.2, 0.25) is 0 Å². The lowest BCUT2D eigenvalue weighted by atomic mass is 10.2. The van der Waals surface area contributed by atoms with E-state index in [0.717, 1.165) is 21.8 Å². The number of thiazole rings is 1. The fourth-order valence-corrected chi connectivity index (χ4v) is 2.77. The highest BCUT2D eigenvalue weighted by atomic mass is 32.1. The first-order valence-electron chi connectivity index (χ1n) is 5.96. The van der Waals surface area contributed by atoms with E-state index < -0.39 is 12.5 Å². The van der Waals surface area contributed by atoms with Crippen LogP contribution >= 0.6 is 11.3 Å². The van der Waals surface area contributed by atoms with Gasteiger partial charge < -0.3 is 5.32 Å². The zero-order valence-corrected chi connectivity index (χ0v) is 12.0. The highest BCUT2D eigenvalue weighted by Crippen LogP contribution is 2.22. The van der Waals surface area contributed by atoms with Gasteiger partial charge in [0, 0.05) is 11.1 Å². The molecule has 0 aromatic carbocycles. The number of alkyl halides is 2. The molecule has 0 spiro atoms. The molecule has 0 aliphatic rings. The average Bonchev–Trinajstić information content (AvgIpc) is 2.95. The Kier molecular flexibility index (Phi) is 4.12. The van der Waals surface area contributed by atoms with Gasteiger partial charge in [-0.2, -0.15) is 13.9 Å². The van der Waals surface area contributed by atoms with E-state index >= 15 is 0 Å². The van der Waals surface area contributed by atoms with E-state index in [2.05, 4.69) is 15.4 Å². The smallest absolute Gasteiger partial charge is 0.333 e. The van der Waals surface area contributed by atoms with Crippen LogP contribution in [-0.4, -0.2) is 20.7 Å². The first-order valence-corrected chi connectivity index (χ1v) is 6.78. The molecule has 1 unspecified atom stereocenters. The van der Waals surface area contributed by atoms with E-state index in [1.165, 1.54) is 6.07 Å². The van der Waals surface area contributed by atoms with Gasteiger partial charge in [0.15, 0.2) is 0 Å². The predicted octanol–water partition coefficient (Wildman–Crippen LogP) is 2.84. The first kappa shape index (κ1) is 14.6. The second kappa shape index (κ2) is 5.66. The molecular formula is C12H14F2N4OS. The van der Waals surface area contributed by atoms with Crippen molar-refractivity contribution in [2.24, 2.45) is 0 Å². The number of carbonyl (C=O) groups is 1. The normalized spacial score (nSPS) is 12.7. The Morgan fingerprint density at radius 1 is 1.45 bits per heavy atom. The Morgan fingerprint density at radius 2 is 2.15 bits per heavy atom. The fourth-order valence-electron chi connectivity index (χ4n) is 1.85. The second-order valence-corrected chi connectivity index (χ2v) is 5.74. The van der Waals surface area contributed by atoms with Crippen LogP contribution in [-0.2, 0) is 0 Å². The van der Waals surface area contributed by atoms with E-state index in [1.807, 2.05) is 13.8 Å². The monoisotopic (exact) mass is 300 g/mol. The lowest BCUT2D eigenvalue weighted by molar-refractivity contribution is 0.0559. The van der Waals surface area contributed by atoms with Gasteiger partial charge in [-0.3, -0.25) is 4.79 Å². The third kappa shape index (κ3) is 3.01. The van der Waals surface area contributed by atoms with E-state index in [9.17, 15) is 13.6 Å². The number of rotatable bonds is 4. The van der Waals surface area contributed by atoms with Crippen molar-refractivity contribution in [3.8, 4) is 0 Å². The van der Waals surface area contributed by atoms with Crippen LogP contribution < -0.4 is 5.32 Å². The van der Waals surface area contributed by atoms with Crippen molar-refractivity contribution in [3.63, 3.8) is 0 Å². The van der Waals surface area contributed by atoms with Crippen LogP contribution in [0.3, 0.4) is 0 Å². The van der Waals surface area contributed by atoms with Crippen LogP contribution in [0.5, 0.6) is 0 Å². The summed E-state index contributed by atoms with van der Waals surface area (Å²) >= 11 is 1.55. The van der Waals surface area contributed by atoms with Crippen molar-refractivity contribution in [2.75, 3.05) is 0 Å². The summed E-state index contributed by atoms with van der Waals surface area (Å²) in [6.07, 6.45) is 1.07. The van der Waals surface area contributed by atoms with Crippen molar-refractivity contribution in [2.45, 2.75) is 33.4 Å². The quantitative estimate of drug-likeness (QED) is 0.944. The molecule has 0 bridgehead atoms. The van der Waals surface area contributed by atoms with E-state index in [4.69, 9.17) is 0 Å². The highest BCUT2D eigenvalue weighted by molar-refractivity contribution is 7.11. The third-order valence-electron chi connectivity index (χ3n) is 2.74. The maximum Gasteiger partial charge on any atom is 0.333 e. The van der Waals surface area contributed by atoms with Crippen LogP contribution in [0, 0.1) is 13.8 Å². The summed E-state index contributed by atoms with van der Waals surface area (Å²) in [6, 6.07) is 0.956. The molecule has 1 N–H and O–H groups in total. The van der Waals surface area contributed by atoms with Crippen LogP contribution in [0.15, 0.2) is 12.3 Å². The van der Waals surface area contributed by atoms with Gasteiger partial charge in [-0.25, -0.2) is 9.67 Å². The second-order valence-electron chi connectivity index (χ2n) is 4.33. The first-order chi connectivity index (χ1) is 9.38. The number of hydrogen-bond acceptors (Lipinski definition) is 4. The molecule has 0 radical (unpaired) electrons. The Balaban J connectivity index is 2.08. The van der Waals surface area contributed by atoms with Crippen molar-refractivity contribution in [1.82, 2.24) is 20.1 Å². The van der Waals surface area contributed by atoms with E-state index in [0.29, 0.717) is 4.68 Å². The molecular weight excluding hydrogens is 286 g/mol. The van der Waals surface area contributed by atoms with Crippen LogP contribution in [0.4, 0.5) is 8.78 Å². The summed E-state index contributed by atoms with van der Waals surface area (Å²) < 4.78 is 25.2. The minimum atomic E-state index is -2.75. The number of nitrogens with zero attached hydrogens (tertiary/aromatic N) is 3. The Bertz CT molecular complexity index is 623. The van der Waals surface area contributed by atoms with Crippen molar-refractivity contribution < 1.29 is 13.6 Å². The molecule has 1 amide bonds. The minimum Gasteiger partial charge on any atom is -0.343 e. The van der Waals surface area contributed by atoms with E-state index in [-0.39, 0.29) is 11.7 Å². The summed E-state index contributed by atoms with van der Waals surface area (Å²) in [5, 5.41) is 7.14. The molecule has 2 heterocycles. The van der Waals surface area contributed by atoms with Gasteiger partial charge >= 0.3 is 6.55 Å². The number of halogens is 2. The zero-order chi connectivity index (χ0) is 14.9. The maximum atomic E-state index is 12.4. The summed E-state index contributed by atoms with van der Waals surface area (Å²) in [4.78, 5) is 17.3. The lowest BCUT2D eigenvalue weighted by Crippen LogP contribution is -2.27. The van der Waals surface area contributed by atoms with Crippen LogP contribution in [0.25, 0.3) is 0 Å². The Labute approximate surface area is 118 Å². The molecule has 0 saturated heterocycles. The third-order valence-corrected chi connectivity index (χ3v) is 3.64. The standard InChI is InChI=1S/C12H14F2N4OS/c1-6(10-7(2)20-8(3)16-10)15-11(19)9-4-5-18(17-9)12(13)14/h4-6,12H,1-3H3,(H,15,19). The average molecular weight is 300 g/mol. The molecule has 108 valence electrons. The Morgan fingerprint density at radius 3 is 2.65 bits per heavy atom. The largest absolute Gasteiger partial charge is 0.343 e. The number of nitrogens with one attached hydrogen (secondary N) is 1. The number of aryl methyl sites for hydroxylation is 2. The number of carbonyl (C=O) groups excluding carboxylic acids is 1. The van der Waals surface area contributed by atoms with Gasteiger partial charge in [-0.1, -0.05) is 0 Å². The topological polar surface area (TPSA) is 59.8 Å². The van der Waals surface area contributed by atoms with Crippen LogP contribution in [0.1, 0.15) is 45.6 Å². The molecule has 0 fully saturated rings. The van der Waals surface area contributed by atoms with Gasteiger partial charge in [0.2, 0.25) is 0 Å². The number of hydrogen-bond donors (Lipinski definition) is 1. The van der Waals surface area contributed by atoms with Crippen molar-refractivity contribution >= 4 is 17.2 Å². The highest BCUT2D eigenvalue weighted by Gasteiger charge is 2.19. The molecule has 2 rings (SSSR count). The van der Waals surface area contributed by atoms with Gasteiger partial charge in [0.05, 0.1) is 16.7 Å². The maximum absolute atomic E-state index is 12.4. The molecule has 20 heavy (non-hydrogen) atoms. The summed E-state index contributed by atoms with van der Waals surface area (Å²) in [5.41, 5.74) is 0.746. The van der Waals surface area contributed by atoms with E-state index in [1.54, 1.807) is 18.3 Å². The minimum absolute atomic E-state index is 0.0400. The summed E-state index contributed by atoms with van der Waals surface area (Å²) in [5.74, 6) is -0.498.